The molecule has 21 heavy (non-hydrogen) atoms. The molecule has 0 aliphatic carbocycles. The summed E-state index contributed by atoms with van der Waals surface area (Å²) in [5.41, 5.74) is 0.233. The number of hydrogen-bond acceptors (Lipinski definition) is 6. The standard InChI is InChI=1S/C15H10O6/c1-7-5-12(17)21-9-3-4-10-14(13(7)9)8(16)6-11(20-10)15(18)19-2/h3-6H,1-2H3. The second-order valence-corrected chi connectivity index (χ2v) is 4.53. The zero-order valence-corrected chi connectivity index (χ0v) is 11.3. The van der Waals surface area contributed by atoms with E-state index < -0.39 is 17.0 Å². The van der Waals surface area contributed by atoms with Gasteiger partial charge in [0.2, 0.25) is 5.76 Å². The highest BCUT2D eigenvalue weighted by molar-refractivity contribution is 6.05. The number of ether oxygens (including phenoxy) is 1. The summed E-state index contributed by atoms with van der Waals surface area (Å²) < 4.78 is 15.0. The Balaban J connectivity index is 2.50. The zero-order chi connectivity index (χ0) is 15.1. The molecule has 1 aromatic carbocycles. The van der Waals surface area contributed by atoms with Crippen molar-refractivity contribution in [2.75, 3.05) is 7.11 Å². The van der Waals surface area contributed by atoms with Crippen molar-refractivity contribution >= 4 is 27.9 Å². The van der Waals surface area contributed by atoms with Gasteiger partial charge in [-0.05, 0) is 24.6 Å². The Labute approximate surface area is 117 Å². The van der Waals surface area contributed by atoms with Crippen LogP contribution in [0.15, 0.2) is 42.7 Å². The molecule has 6 heteroatoms. The summed E-state index contributed by atoms with van der Waals surface area (Å²) >= 11 is 0. The van der Waals surface area contributed by atoms with Crippen LogP contribution < -0.4 is 11.1 Å². The fraction of sp³-hybridized carbons (Fsp3) is 0.133. The van der Waals surface area contributed by atoms with Gasteiger partial charge in [-0.15, -0.1) is 0 Å². The zero-order valence-electron chi connectivity index (χ0n) is 11.3. The van der Waals surface area contributed by atoms with Crippen molar-refractivity contribution in [3.63, 3.8) is 0 Å². The first-order valence-corrected chi connectivity index (χ1v) is 6.11. The number of carbonyl (C=O) groups is 1. The van der Waals surface area contributed by atoms with Crippen molar-refractivity contribution < 1.29 is 18.4 Å². The number of hydrogen-bond donors (Lipinski definition) is 0. The third-order valence-electron chi connectivity index (χ3n) is 3.18. The lowest BCUT2D eigenvalue weighted by atomic mass is 10.1. The third kappa shape index (κ3) is 2.01. The quantitative estimate of drug-likeness (QED) is 0.386. The Morgan fingerprint density at radius 3 is 2.38 bits per heavy atom. The van der Waals surface area contributed by atoms with Crippen LogP contribution in [0, 0.1) is 6.92 Å². The SMILES string of the molecule is COC(=O)c1cc(=O)c2c(ccc3oc(=O)cc(C)c32)o1. The summed E-state index contributed by atoms with van der Waals surface area (Å²) in [5.74, 6) is -0.908. The van der Waals surface area contributed by atoms with E-state index in [4.69, 9.17) is 8.83 Å². The summed E-state index contributed by atoms with van der Waals surface area (Å²) in [6.07, 6.45) is 0. The van der Waals surface area contributed by atoms with Crippen molar-refractivity contribution in [1.29, 1.82) is 0 Å². The van der Waals surface area contributed by atoms with Gasteiger partial charge in [0.15, 0.2) is 5.43 Å². The van der Waals surface area contributed by atoms with E-state index in [1.807, 2.05) is 0 Å². The number of benzene rings is 1. The molecule has 0 saturated carbocycles. The van der Waals surface area contributed by atoms with Crippen LogP contribution in [0.3, 0.4) is 0 Å². The smallest absolute Gasteiger partial charge is 0.374 e. The fourth-order valence-corrected chi connectivity index (χ4v) is 2.30. The van der Waals surface area contributed by atoms with Crippen LogP contribution in [0.1, 0.15) is 16.1 Å². The lowest BCUT2D eigenvalue weighted by Gasteiger charge is -2.05. The van der Waals surface area contributed by atoms with E-state index >= 15 is 0 Å². The van der Waals surface area contributed by atoms with Crippen LogP contribution >= 0.6 is 0 Å². The van der Waals surface area contributed by atoms with Gasteiger partial charge >= 0.3 is 11.6 Å². The van der Waals surface area contributed by atoms with Crippen molar-refractivity contribution in [2.24, 2.45) is 0 Å². The van der Waals surface area contributed by atoms with Crippen LogP contribution in [0.25, 0.3) is 21.9 Å². The molecule has 0 fully saturated rings. The van der Waals surface area contributed by atoms with Gasteiger partial charge in [0.25, 0.3) is 0 Å². The summed E-state index contributed by atoms with van der Waals surface area (Å²) in [4.78, 5) is 35.1. The minimum atomic E-state index is -0.731. The molecule has 0 bridgehead atoms. The van der Waals surface area contributed by atoms with E-state index in [-0.39, 0.29) is 16.7 Å². The number of carbonyl (C=O) groups excluding carboxylic acids is 1. The second kappa shape index (κ2) is 4.59. The van der Waals surface area contributed by atoms with Crippen molar-refractivity contribution in [2.45, 2.75) is 6.92 Å². The molecule has 3 aromatic rings. The van der Waals surface area contributed by atoms with Crippen LogP contribution in [-0.4, -0.2) is 13.1 Å². The van der Waals surface area contributed by atoms with Crippen molar-refractivity contribution in [3.8, 4) is 0 Å². The monoisotopic (exact) mass is 286 g/mol. The predicted octanol–water partition coefficient (Wildman–Crippen LogP) is 1.99. The molecular weight excluding hydrogens is 276 g/mol. The lowest BCUT2D eigenvalue weighted by molar-refractivity contribution is 0.0565. The molecular formula is C15H10O6. The molecule has 0 atom stereocenters. The molecule has 6 nitrogen and oxygen atoms in total. The van der Waals surface area contributed by atoms with Gasteiger partial charge in [0.1, 0.15) is 11.2 Å². The third-order valence-corrected chi connectivity index (χ3v) is 3.18. The summed E-state index contributed by atoms with van der Waals surface area (Å²) in [6.45, 7) is 1.70. The van der Waals surface area contributed by atoms with Gasteiger partial charge in [-0.2, -0.15) is 0 Å². The van der Waals surface area contributed by atoms with Crippen LogP contribution in [0.5, 0.6) is 0 Å². The van der Waals surface area contributed by atoms with E-state index in [0.717, 1.165) is 6.07 Å². The number of rotatable bonds is 1. The van der Waals surface area contributed by atoms with E-state index in [2.05, 4.69) is 4.74 Å². The van der Waals surface area contributed by atoms with E-state index in [1.54, 1.807) is 6.92 Å². The Hall–Kier alpha value is -2.89. The highest BCUT2D eigenvalue weighted by Gasteiger charge is 2.16. The van der Waals surface area contributed by atoms with Gasteiger partial charge < -0.3 is 13.6 Å². The van der Waals surface area contributed by atoms with Crippen LogP contribution in [0.2, 0.25) is 0 Å². The van der Waals surface area contributed by atoms with Gasteiger partial charge in [0.05, 0.1) is 12.5 Å². The fourth-order valence-electron chi connectivity index (χ4n) is 2.30. The molecule has 0 aliphatic heterocycles. The maximum atomic E-state index is 12.3. The molecule has 0 aliphatic rings. The summed E-state index contributed by atoms with van der Waals surface area (Å²) in [7, 11) is 1.20. The molecule has 2 heterocycles. The molecule has 0 unspecified atom stereocenters. The predicted molar refractivity (Wildman–Crippen MR) is 74.6 cm³/mol. The number of aryl methyl sites for hydroxylation is 1. The molecule has 3 rings (SSSR count). The maximum Gasteiger partial charge on any atom is 0.374 e. The van der Waals surface area contributed by atoms with Gasteiger partial charge in [-0.3, -0.25) is 4.79 Å². The van der Waals surface area contributed by atoms with E-state index in [1.165, 1.54) is 25.3 Å². The van der Waals surface area contributed by atoms with E-state index in [0.29, 0.717) is 16.5 Å². The first-order valence-electron chi connectivity index (χ1n) is 6.11. The molecule has 0 amide bonds. The highest BCUT2D eigenvalue weighted by Crippen LogP contribution is 2.25. The average molecular weight is 286 g/mol. The molecule has 0 radical (unpaired) electrons. The molecule has 0 saturated heterocycles. The summed E-state index contributed by atoms with van der Waals surface area (Å²) in [6, 6.07) is 5.37. The van der Waals surface area contributed by atoms with Crippen molar-refractivity contribution in [1.82, 2.24) is 0 Å². The van der Waals surface area contributed by atoms with Gasteiger partial charge in [-0.1, -0.05) is 0 Å². The Bertz CT molecular complexity index is 993. The van der Waals surface area contributed by atoms with Crippen molar-refractivity contribution in [3.05, 3.63) is 56.2 Å². The topological polar surface area (TPSA) is 86.7 Å². The lowest BCUT2D eigenvalue weighted by Crippen LogP contribution is -2.09. The molecule has 0 N–H and O–H groups in total. The normalized spacial score (nSPS) is 11.0. The Kier molecular flexibility index (Phi) is 2.86. The Morgan fingerprint density at radius 2 is 1.71 bits per heavy atom. The Morgan fingerprint density at radius 1 is 1.05 bits per heavy atom. The largest absolute Gasteiger partial charge is 0.463 e. The van der Waals surface area contributed by atoms with E-state index in [9.17, 15) is 14.4 Å². The average Bonchev–Trinajstić information content (AvgIpc) is 2.45. The molecule has 0 spiro atoms. The molecule has 2 aromatic heterocycles. The highest BCUT2D eigenvalue weighted by atomic mass is 16.5. The number of fused-ring (bicyclic) bond motifs is 3. The van der Waals surface area contributed by atoms with Crippen LogP contribution in [-0.2, 0) is 4.74 Å². The number of methoxy groups -OCH3 is 1. The minimum Gasteiger partial charge on any atom is -0.463 e. The maximum absolute atomic E-state index is 12.3. The van der Waals surface area contributed by atoms with Crippen LogP contribution in [0.4, 0.5) is 0 Å². The molecule has 106 valence electrons. The minimum absolute atomic E-state index is 0.176. The first-order chi connectivity index (χ1) is 10.0. The van der Waals surface area contributed by atoms with Gasteiger partial charge in [0, 0.05) is 17.5 Å². The first kappa shape index (κ1) is 13.1. The second-order valence-electron chi connectivity index (χ2n) is 4.53. The number of esters is 1. The summed E-state index contributed by atoms with van der Waals surface area (Å²) in [5, 5.41) is 0.763. The van der Waals surface area contributed by atoms with Gasteiger partial charge in [-0.25, -0.2) is 9.59 Å².